The summed E-state index contributed by atoms with van der Waals surface area (Å²) in [4.78, 5) is 33.4. The Hall–Kier alpha value is -3.83. The number of carbonyl (C=O) groups is 2. The van der Waals surface area contributed by atoms with E-state index in [1.165, 1.54) is 31.3 Å². The molecule has 0 fully saturated rings. The van der Waals surface area contributed by atoms with Crippen molar-refractivity contribution in [2.45, 2.75) is 5.72 Å². The number of aromatic nitrogens is 2. The first-order valence-electron chi connectivity index (χ1n) is 9.90. The molecule has 1 aliphatic heterocycles. The first kappa shape index (κ1) is 22.0. The number of aliphatic hydroxyl groups is 1. The molecular formula is C23H15BrF2N4O4. The first-order valence-corrected chi connectivity index (χ1v) is 10.7. The highest BCUT2D eigenvalue weighted by molar-refractivity contribution is 9.10. The Kier molecular flexibility index (Phi) is 4.92. The summed E-state index contributed by atoms with van der Waals surface area (Å²) in [5, 5.41) is 21.2. The summed E-state index contributed by atoms with van der Waals surface area (Å²) in [5.41, 5.74) is -2.55. The van der Waals surface area contributed by atoms with Crippen LogP contribution < -0.4 is 9.80 Å². The van der Waals surface area contributed by atoms with Crippen LogP contribution in [0.15, 0.2) is 59.1 Å². The number of carboxylic acid groups (broad SMARTS) is 1. The van der Waals surface area contributed by atoms with Crippen molar-refractivity contribution < 1.29 is 28.6 Å². The summed E-state index contributed by atoms with van der Waals surface area (Å²) in [6.07, 6.45) is -1.24. The number of rotatable bonds is 3. The summed E-state index contributed by atoms with van der Waals surface area (Å²) in [5.74, 6) is -2.81. The summed E-state index contributed by atoms with van der Waals surface area (Å²) < 4.78 is 30.4. The van der Waals surface area contributed by atoms with Gasteiger partial charge in [-0.05, 0) is 42.5 Å². The van der Waals surface area contributed by atoms with Gasteiger partial charge in [0.2, 0.25) is 11.7 Å². The maximum Gasteiger partial charge on any atom is 0.413 e. The molecule has 8 nitrogen and oxygen atoms in total. The molecule has 1 unspecified atom stereocenters. The van der Waals surface area contributed by atoms with E-state index in [1.807, 2.05) is 0 Å². The number of imidazole rings is 1. The monoisotopic (exact) mass is 528 g/mol. The van der Waals surface area contributed by atoms with Gasteiger partial charge in [-0.15, -0.1) is 0 Å². The number of carbonyl (C=O) groups excluding carboxylic acids is 1. The maximum atomic E-state index is 15.1. The maximum absolute atomic E-state index is 15.1. The molecule has 2 heterocycles. The molecule has 34 heavy (non-hydrogen) atoms. The number of nitrogens with zero attached hydrogens (tertiary/aromatic N) is 3. The number of halogens is 3. The number of H-pyrrole nitrogens is 1. The molecule has 0 saturated heterocycles. The topological polar surface area (TPSA) is 110 Å². The predicted octanol–water partition coefficient (Wildman–Crippen LogP) is 4.57. The number of amides is 2. The van der Waals surface area contributed by atoms with Crippen LogP contribution in [0.3, 0.4) is 0 Å². The number of fused-ring (bicyclic) bond motifs is 2. The highest BCUT2D eigenvalue weighted by atomic mass is 79.9. The molecule has 11 heteroatoms. The summed E-state index contributed by atoms with van der Waals surface area (Å²) >= 11 is 3.31. The fourth-order valence-electron chi connectivity index (χ4n) is 4.13. The van der Waals surface area contributed by atoms with Crippen LogP contribution in [-0.2, 0) is 5.72 Å². The molecular weight excluding hydrogens is 514 g/mol. The van der Waals surface area contributed by atoms with Gasteiger partial charge in [0.15, 0.2) is 0 Å². The van der Waals surface area contributed by atoms with Crippen molar-refractivity contribution in [1.82, 2.24) is 9.97 Å². The van der Waals surface area contributed by atoms with Gasteiger partial charge in [0.1, 0.15) is 11.6 Å². The normalized spacial score (nSPS) is 17.3. The van der Waals surface area contributed by atoms with E-state index < -0.39 is 40.5 Å². The minimum Gasteiger partial charge on any atom is -0.465 e. The molecule has 2 amide bonds. The van der Waals surface area contributed by atoms with E-state index in [-0.39, 0.29) is 17.2 Å². The van der Waals surface area contributed by atoms with Crippen LogP contribution in [0.4, 0.5) is 25.2 Å². The molecule has 3 N–H and O–H groups in total. The largest absolute Gasteiger partial charge is 0.465 e. The Morgan fingerprint density at radius 2 is 1.88 bits per heavy atom. The molecule has 0 bridgehead atoms. The van der Waals surface area contributed by atoms with Gasteiger partial charge in [-0.2, -0.15) is 0 Å². The summed E-state index contributed by atoms with van der Waals surface area (Å²) in [6, 6.07) is 12.4. The third-order valence-corrected chi connectivity index (χ3v) is 6.23. The lowest BCUT2D eigenvalue weighted by Crippen LogP contribution is -2.45. The zero-order chi connectivity index (χ0) is 24.4. The Balaban J connectivity index is 1.77. The van der Waals surface area contributed by atoms with Gasteiger partial charge in [0, 0.05) is 22.8 Å². The van der Waals surface area contributed by atoms with Crippen LogP contribution in [0.2, 0.25) is 0 Å². The van der Waals surface area contributed by atoms with Gasteiger partial charge in [-0.3, -0.25) is 14.6 Å². The highest BCUT2D eigenvalue weighted by Gasteiger charge is 2.54. The fourth-order valence-corrected chi connectivity index (χ4v) is 4.51. The second-order valence-electron chi connectivity index (χ2n) is 7.71. The van der Waals surface area contributed by atoms with Crippen LogP contribution in [-0.4, -0.2) is 39.2 Å². The summed E-state index contributed by atoms with van der Waals surface area (Å²) in [7, 11) is 1.30. The number of anilines is 2. The second kappa shape index (κ2) is 7.61. The van der Waals surface area contributed by atoms with Crippen LogP contribution in [0.5, 0.6) is 0 Å². The smallest absolute Gasteiger partial charge is 0.413 e. The van der Waals surface area contributed by atoms with Crippen molar-refractivity contribution in [1.29, 1.82) is 0 Å². The molecule has 172 valence electrons. The molecule has 3 aromatic carbocycles. The number of aromatic amines is 1. The van der Waals surface area contributed by atoms with Gasteiger partial charge in [0.05, 0.1) is 22.2 Å². The zero-order valence-corrected chi connectivity index (χ0v) is 19.0. The zero-order valence-electron chi connectivity index (χ0n) is 17.4. The van der Waals surface area contributed by atoms with E-state index in [1.54, 1.807) is 18.2 Å². The highest BCUT2D eigenvalue weighted by Crippen LogP contribution is 2.47. The standard InChI is InChI=1S/C23H15BrF2N4O4/c1-29(22(32)33)21-27-16-8-5-11(9-17(16)28-21)23(34)19-15(26)7-6-14(25)18(19)20(31)30(23)13-4-2-3-12(24)10-13/h2-10,34H,1H3,(H,27,28)(H,32,33). The van der Waals surface area contributed by atoms with E-state index in [0.29, 0.717) is 15.5 Å². The second-order valence-corrected chi connectivity index (χ2v) is 8.62. The molecule has 0 saturated carbocycles. The molecule has 5 rings (SSSR count). The van der Waals surface area contributed by atoms with Crippen molar-refractivity contribution >= 4 is 50.6 Å². The fraction of sp³-hybridized carbons (Fsp3) is 0.0870. The van der Waals surface area contributed by atoms with Crippen molar-refractivity contribution in [2.24, 2.45) is 0 Å². The van der Waals surface area contributed by atoms with Crippen LogP contribution >= 0.6 is 15.9 Å². The summed E-state index contributed by atoms with van der Waals surface area (Å²) in [6.45, 7) is 0. The minimum absolute atomic E-state index is 0.0237. The van der Waals surface area contributed by atoms with Crippen molar-refractivity contribution in [3.05, 3.63) is 87.4 Å². The molecule has 0 aliphatic carbocycles. The Morgan fingerprint density at radius 1 is 1.15 bits per heavy atom. The molecule has 1 atom stereocenters. The van der Waals surface area contributed by atoms with E-state index >= 15 is 4.39 Å². The molecule has 0 spiro atoms. The molecule has 0 radical (unpaired) electrons. The average molecular weight is 529 g/mol. The molecule has 1 aliphatic rings. The molecule has 1 aromatic heterocycles. The lowest BCUT2D eigenvalue weighted by Gasteiger charge is -2.35. The van der Waals surface area contributed by atoms with Gasteiger partial charge in [-0.1, -0.05) is 28.1 Å². The Labute approximate surface area is 199 Å². The van der Waals surface area contributed by atoms with Crippen LogP contribution in [0.25, 0.3) is 11.0 Å². The first-order chi connectivity index (χ1) is 16.1. The van der Waals surface area contributed by atoms with Gasteiger partial charge < -0.3 is 15.2 Å². The van der Waals surface area contributed by atoms with Gasteiger partial charge >= 0.3 is 6.09 Å². The third-order valence-electron chi connectivity index (χ3n) is 5.74. The third kappa shape index (κ3) is 3.08. The van der Waals surface area contributed by atoms with Gasteiger partial charge in [0.25, 0.3) is 5.91 Å². The Bertz CT molecular complexity index is 1510. The lowest BCUT2D eigenvalue weighted by atomic mass is 9.92. The lowest BCUT2D eigenvalue weighted by molar-refractivity contribution is 0.0686. The number of hydrogen-bond acceptors (Lipinski definition) is 4. The predicted molar refractivity (Wildman–Crippen MR) is 123 cm³/mol. The van der Waals surface area contributed by atoms with E-state index in [2.05, 4.69) is 25.9 Å². The van der Waals surface area contributed by atoms with Gasteiger partial charge in [-0.25, -0.2) is 18.6 Å². The van der Waals surface area contributed by atoms with Crippen molar-refractivity contribution in [2.75, 3.05) is 16.8 Å². The minimum atomic E-state index is -2.41. The molecule has 4 aromatic rings. The number of hydrogen-bond donors (Lipinski definition) is 3. The van der Waals surface area contributed by atoms with Crippen LogP contribution in [0, 0.1) is 11.6 Å². The van der Waals surface area contributed by atoms with E-state index in [0.717, 1.165) is 21.9 Å². The van der Waals surface area contributed by atoms with Crippen molar-refractivity contribution in [3.8, 4) is 0 Å². The quantitative estimate of drug-likeness (QED) is 0.360. The van der Waals surface area contributed by atoms with E-state index in [9.17, 15) is 24.2 Å². The van der Waals surface area contributed by atoms with E-state index in [4.69, 9.17) is 0 Å². The average Bonchev–Trinajstić information content (AvgIpc) is 3.33. The SMILES string of the molecule is CN(C(=O)O)c1nc2ccc(C3(O)c4c(F)ccc(F)c4C(=O)N3c3cccc(Br)c3)cc2[nH]1. The number of benzene rings is 3. The Morgan fingerprint density at radius 3 is 2.59 bits per heavy atom. The van der Waals surface area contributed by atoms with Crippen molar-refractivity contribution in [3.63, 3.8) is 0 Å². The number of nitrogens with one attached hydrogen (secondary N) is 1. The van der Waals surface area contributed by atoms with Crippen LogP contribution in [0.1, 0.15) is 21.5 Å².